The predicted molar refractivity (Wildman–Crippen MR) is 93.5 cm³/mol. The van der Waals surface area contributed by atoms with Crippen molar-refractivity contribution in [3.05, 3.63) is 12.3 Å². The molecule has 4 rings (SSSR count). The molecule has 3 fully saturated rings. The number of nitrogens with two attached hydrogens (primary N) is 1. The Morgan fingerprint density at radius 2 is 1.96 bits per heavy atom. The zero-order chi connectivity index (χ0) is 16.6. The first-order chi connectivity index (χ1) is 11.7. The summed E-state index contributed by atoms with van der Waals surface area (Å²) >= 11 is 0. The first-order valence-corrected chi connectivity index (χ1v) is 9.30. The number of anilines is 2. The van der Waals surface area contributed by atoms with Crippen LogP contribution in [-0.4, -0.2) is 47.0 Å². The monoisotopic (exact) mass is 329 g/mol. The van der Waals surface area contributed by atoms with Crippen LogP contribution < -0.4 is 10.6 Å². The highest BCUT2D eigenvalue weighted by Gasteiger charge is 2.58. The summed E-state index contributed by atoms with van der Waals surface area (Å²) in [5.41, 5.74) is 6.14. The quantitative estimate of drug-likeness (QED) is 0.899. The van der Waals surface area contributed by atoms with Gasteiger partial charge in [0.25, 0.3) is 0 Å². The second-order valence-corrected chi connectivity index (χ2v) is 7.63. The molecule has 0 aromatic carbocycles. The van der Waals surface area contributed by atoms with Gasteiger partial charge in [0.2, 0.25) is 11.9 Å². The minimum absolute atomic E-state index is 0.299. The van der Waals surface area contributed by atoms with Crippen LogP contribution in [0.1, 0.15) is 44.9 Å². The lowest BCUT2D eigenvalue weighted by molar-refractivity contribution is -0.133. The van der Waals surface area contributed by atoms with Crippen LogP contribution in [0, 0.1) is 11.3 Å². The van der Waals surface area contributed by atoms with E-state index in [1.165, 1.54) is 32.1 Å². The Morgan fingerprint density at radius 3 is 2.75 bits per heavy atom. The van der Waals surface area contributed by atoms with E-state index in [9.17, 15) is 4.79 Å². The maximum Gasteiger partial charge on any atom is 0.227 e. The van der Waals surface area contributed by atoms with Crippen molar-refractivity contribution in [3.63, 3.8) is 0 Å². The maximum atomic E-state index is 12.9. The standard InChI is InChI=1S/C18H27N5O/c19-15-5-8-20-17(21-15)23-10-4-9-22(11-12-23)16(24)14-13-18(14)6-2-1-3-7-18/h5,8,14H,1-4,6-7,9-13H2,(H2,19,20,21). The van der Waals surface area contributed by atoms with Crippen LogP contribution in [0.25, 0.3) is 0 Å². The molecule has 130 valence electrons. The van der Waals surface area contributed by atoms with Crippen LogP contribution >= 0.6 is 0 Å². The molecule has 1 aromatic heterocycles. The Bertz CT molecular complexity index is 613. The van der Waals surface area contributed by atoms with Gasteiger partial charge in [-0.2, -0.15) is 4.98 Å². The van der Waals surface area contributed by atoms with Crippen molar-refractivity contribution in [2.24, 2.45) is 11.3 Å². The highest BCUT2D eigenvalue weighted by atomic mass is 16.2. The molecule has 1 unspecified atom stereocenters. The second-order valence-electron chi connectivity index (χ2n) is 7.63. The average Bonchev–Trinajstić information content (AvgIpc) is 3.34. The summed E-state index contributed by atoms with van der Waals surface area (Å²) in [5.74, 6) is 1.87. The lowest BCUT2D eigenvalue weighted by Crippen LogP contribution is -2.37. The molecule has 1 aliphatic heterocycles. The van der Waals surface area contributed by atoms with Crippen molar-refractivity contribution in [1.29, 1.82) is 0 Å². The third kappa shape index (κ3) is 2.94. The van der Waals surface area contributed by atoms with Crippen LogP contribution in [0.3, 0.4) is 0 Å². The molecule has 0 radical (unpaired) electrons. The molecule has 2 saturated carbocycles. The summed E-state index contributed by atoms with van der Waals surface area (Å²) in [4.78, 5) is 25.8. The van der Waals surface area contributed by atoms with Crippen molar-refractivity contribution in [2.45, 2.75) is 44.9 Å². The van der Waals surface area contributed by atoms with E-state index in [0.29, 0.717) is 29.0 Å². The molecule has 1 saturated heterocycles. The molecular weight excluding hydrogens is 302 g/mol. The number of carbonyl (C=O) groups is 1. The third-order valence-corrected chi connectivity index (χ3v) is 6.09. The van der Waals surface area contributed by atoms with Gasteiger partial charge in [0.15, 0.2) is 0 Å². The van der Waals surface area contributed by atoms with Crippen molar-refractivity contribution in [1.82, 2.24) is 14.9 Å². The zero-order valence-corrected chi connectivity index (χ0v) is 14.3. The summed E-state index contributed by atoms with van der Waals surface area (Å²) in [6.07, 6.45) is 10.3. The molecule has 24 heavy (non-hydrogen) atoms. The first-order valence-electron chi connectivity index (χ1n) is 9.30. The first kappa shape index (κ1) is 15.7. The smallest absolute Gasteiger partial charge is 0.227 e. The van der Waals surface area contributed by atoms with Gasteiger partial charge in [-0.1, -0.05) is 19.3 Å². The van der Waals surface area contributed by atoms with Crippen molar-refractivity contribution >= 4 is 17.7 Å². The summed E-state index contributed by atoms with van der Waals surface area (Å²) < 4.78 is 0. The van der Waals surface area contributed by atoms with E-state index in [-0.39, 0.29) is 0 Å². The molecule has 6 heteroatoms. The molecule has 1 atom stereocenters. The van der Waals surface area contributed by atoms with Gasteiger partial charge in [0, 0.05) is 38.3 Å². The van der Waals surface area contributed by atoms with E-state index in [1.54, 1.807) is 12.3 Å². The van der Waals surface area contributed by atoms with E-state index in [2.05, 4.69) is 19.8 Å². The van der Waals surface area contributed by atoms with Crippen LogP contribution in [0.15, 0.2) is 12.3 Å². The molecular formula is C18H27N5O. The Kier molecular flexibility index (Phi) is 4.06. The SMILES string of the molecule is Nc1ccnc(N2CCCN(C(=O)C3CC34CCCCC4)CC2)n1. The van der Waals surface area contributed by atoms with Gasteiger partial charge in [-0.15, -0.1) is 0 Å². The van der Waals surface area contributed by atoms with Gasteiger partial charge >= 0.3 is 0 Å². The summed E-state index contributed by atoms with van der Waals surface area (Å²) in [6, 6.07) is 1.70. The largest absolute Gasteiger partial charge is 0.384 e. The maximum absolute atomic E-state index is 12.9. The van der Waals surface area contributed by atoms with Gasteiger partial charge in [0.05, 0.1) is 0 Å². The number of rotatable bonds is 2. The zero-order valence-electron chi connectivity index (χ0n) is 14.3. The summed E-state index contributed by atoms with van der Waals surface area (Å²) in [5, 5.41) is 0. The average molecular weight is 329 g/mol. The van der Waals surface area contributed by atoms with Crippen molar-refractivity contribution in [3.8, 4) is 0 Å². The van der Waals surface area contributed by atoms with E-state index >= 15 is 0 Å². The fourth-order valence-corrected chi connectivity index (χ4v) is 4.58. The normalized spacial score (nSPS) is 26.2. The molecule has 1 spiro atoms. The number of carbonyl (C=O) groups excluding carboxylic acids is 1. The van der Waals surface area contributed by atoms with Gasteiger partial charge in [-0.3, -0.25) is 4.79 Å². The topological polar surface area (TPSA) is 75.3 Å². The molecule has 6 nitrogen and oxygen atoms in total. The summed E-state index contributed by atoms with van der Waals surface area (Å²) in [7, 11) is 0. The Labute approximate surface area is 143 Å². The van der Waals surface area contributed by atoms with E-state index in [0.717, 1.165) is 39.0 Å². The van der Waals surface area contributed by atoms with Gasteiger partial charge < -0.3 is 15.5 Å². The Hall–Kier alpha value is -1.85. The second kappa shape index (κ2) is 6.22. The fourth-order valence-electron chi connectivity index (χ4n) is 4.58. The Morgan fingerprint density at radius 1 is 1.12 bits per heavy atom. The summed E-state index contributed by atoms with van der Waals surface area (Å²) in [6.45, 7) is 3.28. The fraction of sp³-hybridized carbons (Fsp3) is 0.722. The molecule has 2 aliphatic carbocycles. The van der Waals surface area contributed by atoms with Crippen LogP contribution in [0.2, 0.25) is 0 Å². The molecule has 1 aromatic rings. The van der Waals surface area contributed by atoms with Crippen molar-refractivity contribution in [2.75, 3.05) is 36.8 Å². The van der Waals surface area contributed by atoms with Gasteiger partial charge in [0.1, 0.15) is 5.82 Å². The van der Waals surface area contributed by atoms with Crippen LogP contribution in [0.5, 0.6) is 0 Å². The number of aromatic nitrogens is 2. The van der Waals surface area contributed by atoms with E-state index in [4.69, 9.17) is 5.73 Å². The van der Waals surface area contributed by atoms with Crippen molar-refractivity contribution < 1.29 is 4.79 Å². The molecule has 3 aliphatic rings. The minimum Gasteiger partial charge on any atom is -0.384 e. The molecule has 0 bridgehead atoms. The number of amides is 1. The number of hydrogen-bond acceptors (Lipinski definition) is 5. The molecule has 1 amide bonds. The van der Waals surface area contributed by atoms with E-state index < -0.39 is 0 Å². The highest BCUT2D eigenvalue weighted by Crippen LogP contribution is 2.61. The lowest BCUT2D eigenvalue weighted by atomic mass is 9.84. The Balaban J connectivity index is 1.37. The van der Waals surface area contributed by atoms with Gasteiger partial charge in [-0.05, 0) is 37.2 Å². The number of nitrogen functional groups attached to an aromatic ring is 1. The van der Waals surface area contributed by atoms with E-state index in [1.807, 2.05) is 0 Å². The third-order valence-electron chi connectivity index (χ3n) is 6.09. The number of nitrogens with zero attached hydrogens (tertiary/aromatic N) is 4. The van der Waals surface area contributed by atoms with Crippen LogP contribution in [-0.2, 0) is 4.79 Å². The molecule has 2 N–H and O–H groups in total. The highest BCUT2D eigenvalue weighted by molar-refractivity contribution is 5.82. The van der Waals surface area contributed by atoms with Crippen LogP contribution in [0.4, 0.5) is 11.8 Å². The lowest BCUT2D eigenvalue weighted by Gasteiger charge is -2.26. The van der Waals surface area contributed by atoms with Gasteiger partial charge in [-0.25, -0.2) is 4.98 Å². The molecule has 2 heterocycles. The predicted octanol–water partition coefficient (Wildman–Crippen LogP) is 2.07. The minimum atomic E-state index is 0.299. The number of hydrogen-bond donors (Lipinski definition) is 1.